The highest BCUT2D eigenvalue weighted by atomic mass is 16.5. The van der Waals surface area contributed by atoms with Gasteiger partial charge in [-0.1, -0.05) is 12.1 Å². The molecule has 128 valence electrons. The highest BCUT2D eigenvalue weighted by Gasteiger charge is 2.11. The van der Waals surface area contributed by atoms with Gasteiger partial charge in [-0.25, -0.2) is 0 Å². The number of methoxy groups -OCH3 is 1. The summed E-state index contributed by atoms with van der Waals surface area (Å²) in [6, 6.07) is 12.9. The van der Waals surface area contributed by atoms with Crippen LogP contribution in [-0.2, 0) is 17.8 Å². The molecule has 1 N–H and O–H groups in total. The highest BCUT2D eigenvalue weighted by Crippen LogP contribution is 2.22. The molecule has 0 saturated heterocycles. The number of ether oxygens (including phenoxy) is 1. The summed E-state index contributed by atoms with van der Waals surface area (Å²) in [5.41, 5.74) is 1.59. The molecule has 0 atom stereocenters. The summed E-state index contributed by atoms with van der Waals surface area (Å²) in [6.45, 7) is 0.401. The number of pyridine rings is 1. The minimum Gasteiger partial charge on any atom is -0.497 e. The molecule has 2 heterocycles. The van der Waals surface area contributed by atoms with Gasteiger partial charge in [-0.05, 0) is 30.3 Å². The molecular formula is C18H18N4O3. The largest absolute Gasteiger partial charge is 0.497 e. The van der Waals surface area contributed by atoms with E-state index in [1.165, 1.54) is 0 Å². The minimum atomic E-state index is -0.0909. The average molecular weight is 338 g/mol. The van der Waals surface area contributed by atoms with E-state index < -0.39 is 0 Å². The molecule has 1 amide bonds. The second-order valence-corrected chi connectivity index (χ2v) is 5.33. The van der Waals surface area contributed by atoms with Crippen molar-refractivity contribution in [3.05, 3.63) is 60.2 Å². The summed E-state index contributed by atoms with van der Waals surface area (Å²) in [5.74, 6) is 1.45. The van der Waals surface area contributed by atoms with Crippen LogP contribution in [0.25, 0.3) is 11.5 Å². The molecule has 2 aromatic heterocycles. The van der Waals surface area contributed by atoms with Crippen molar-refractivity contribution >= 4 is 5.91 Å². The normalized spacial score (nSPS) is 10.4. The van der Waals surface area contributed by atoms with E-state index >= 15 is 0 Å². The molecule has 3 rings (SSSR count). The van der Waals surface area contributed by atoms with Crippen molar-refractivity contribution in [2.24, 2.45) is 0 Å². The van der Waals surface area contributed by atoms with Crippen LogP contribution in [-0.4, -0.2) is 28.2 Å². The number of nitrogens with zero attached hydrogens (tertiary/aromatic N) is 3. The van der Waals surface area contributed by atoms with E-state index in [1.54, 1.807) is 13.3 Å². The molecule has 0 radical (unpaired) electrons. The van der Waals surface area contributed by atoms with Gasteiger partial charge in [0.25, 0.3) is 0 Å². The Hall–Kier alpha value is -3.22. The lowest BCUT2D eigenvalue weighted by Crippen LogP contribution is -2.23. The Morgan fingerprint density at radius 1 is 1.20 bits per heavy atom. The molecule has 0 saturated carbocycles. The molecule has 7 heteroatoms. The fraction of sp³-hybridized carbons (Fsp3) is 0.222. The number of aryl methyl sites for hydroxylation is 1. The van der Waals surface area contributed by atoms with Gasteiger partial charge < -0.3 is 14.5 Å². The summed E-state index contributed by atoms with van der Waals surface area (Å²) in [5, 5.41) is 10.8. The summed E-state index contributed by atoms with van der Waals surface area (Å²) in [6.07, 6.45) is 2.34. The topological polar surface area (TPSA) is 90.1 Å². The number of carbonyl (C=O) groups excluding carboxylic acids is 1. The predicted molar refractivity (Wildman–Crippen MR) is 90.7 cm³/mol. The minimum absolute atomic E-state index is 0.0909. The van der Waals surface area contributed by atoms with E-state index in [1.807, 2.05) is 42.5 Å². The lowest BCUT2D eigenvalue weighted by molar-refractivity contribution is -0.121. The van der Waals surface area contributed by atoms with Gasteiger partial charge >= 0.3 is 0 Å². The van der Waals surface area contributed by atoms with E-state index in [-0.39, 0.29) is 12.3 Å². The third kappa shape index (κ3) is 4.63. The molecule has 25 heavy (non-hydrogen) atoms. The maximum Gasteiger partial charge on any atom is 0.247 e. The third-order valence-electron chi connectivity index (χ3n) is 3.54. The van der Waals surface area contributed by atoms with Crippen LogP contribution >= 0.6 is 0 Å². The first-order valence-corrected chi connectivity index (χ1v) is 7.88. The van der Waals surface area contributed by atoms with Gasteiger partial charge in [-0.2, -0.15) is 0 Å². The van der Waals surface area contributed by atoms with Gasteiger partial charge in [0.05, 0.1) is 19.3 Å². The molecule has 3 aromatic rings. The zero-order chi connectivity index (χ0) is 17.5. The first kappa shape index (κ1) is 16.6. The smallest absolute Gasteiger partial charge is 0.247 e. The molecule has 7 nitrogen and oxygen atoms in total. The molecule has 0 bridgehead atoms. The van der Waals surface area contributed by atoms with Crippen molar-refractivity contribution in [3.63, 3.8) is 0 Å². The van der Waals surface area contributed by atoms with Crippen LogP contribution < -0.4 is 10.1 Å². The lowest BCUT2D eigenvalue weighted by atomic mass is 10.2. The monoisotopic (exact) mass is 338 g/mol. The summed E-state index contributed by atoms with van der Waals surface area (Å²) in [7, 11) is 1.60. The number of carbonyl (C=O) groups is 1. The van der Waals surface area contributed by atoms with Crippen LogP contribution in [0.3, 0.4) is 0 Å². The third-order valence-corrected chi connectivity index (χ3v) is 3.54. The van der Waals surface area contributed by atoms with Gasteiger partial charge in [0, 0.05) is 24.6 Å². The summed E-state index contributed by atoms with van der Waals surface area (Å²) in [4.78, 5) is 16.1. The van der Waals surface area contributed by atoms with Crippen LogP contribution in [0.5, 0.6) is 5.75 Å². The van der Waals surface area contributed by atoms with Gasteiger partial charge in [0.2, 0.25) is 17.7 Å². The van der Waals surface area contributed by atoms with Gasteiger partial charge in [0.1, 0.15) is 5.75 Å². The van der Waals surface area contributed by atoms with Crippen molar-refractivity contribution in [1.82, 2.24) is 20.5 Å². The number of hydrogen-bond acceptors (Lipinski definition) is 6. The molecule has 0 aliphatic heterocycles. The van der Waals surface area contributed by atoms with Crippen LogP contribution in [0.15, 0.2) is 53.1 Å². The Morgan fingerprint density at radius 2 is 2.12 bits per heavy atom. The zero-order valence-electron chi connectivity index (χ0n) is 13.8. The van der Waals surface area contributed by atoms with Crippen LogP contribution in [0.2, 0.25) is 0 Å². The first-order valence-electron chi connectivity index (χ1n) is 7.88. The highest BCUT2D eigenvalue weighted by molar-refractivity contribution is 5.75. The second kappa shape index (κ2) is 8.05. The van der Waals surface area contributed by atoms with Gasteiger partial charge in [-0.3, -0.25) is 9.78 Å². The maximum atomic E-state index is 11.9. The molecular weight excluding hydrogens is 320 g/mol. The molecule has 0 fully saturated rings. The van der Waals surface area contributed by atoms with Gasteiger partial charge in [0.15, 0.2) is 0 Å². The van der Waals surface area contributed by atoms with Crippen molar-refractivity contribution in [3.8, 4) is 17.2 Å². The number of hydrogen-bond donors (Lipinski definition) is 1. The molecule has 0 aliphatic rings. The van der Waals surface area contributed by atoms with E-state index in [2.05, 4.69) is 20.5 Å². The van der Waals surface area contributed by atoms with Crippen molar-refractivity contribution in [2.45, 2.75) is 19.4 Å². The van der Waals surface area contributed by atoms with Crippen LogP contribution in [0.1, 0.15) is 18.0 Å². The maximum absolute atomic E-state index is 11.9. The molecule has 1 aromatic carbocycles. The quantitative estimate of drug-likeness (QED) is 0.711. The Labute approximate surface area is 145 Å². The number of nitrogens with one attached hydrogen (secondary N) is 1. The first-order chi connectivity index (χ1) is 12.2. The second-order valence-electron chi connectivity index (χ2n) is 5.33. The fourth-order valence-corrected chi connectivity index (χ4v) is 2.23. The van der Waals surface area contributed by atoms with E-state index in [4.69, 9.17) is 9.15 Å². The van der Waals surface area contributed by atoms with Crippen molar-refractivity contribution in [2.75, 3.05) is 7.11 Å². The molecule has 0 unspecified atom stereocenters. The van der Waals surface area contributed by atoms with Gasteiger partial charge in [-0.15, -0.1) is 10.2 Å². The summed E-state index contributed by atoms with van der Waals surface area (Å²) < 4.78 is 10.8. The Balaban J connectivity index is 1.52. The standard InChI is InChI=1S/C18H18N4O3/c1-24-15-7-4-5-13(11-15)18-22-21-17(25-18)9-8-16(23)20-12-14-6-2-3-10-19-14/h2-7,10-11H,8-9,12H2,1H3,(H,20,23). The van der Waals surface area contributed by atoms with Crippen LogP contribution in [0, 0.1) is 0 Å². The van der Waals surface area contributed by atoms with Crippen molar-refractivity contribution < 1.29 is 13.9 Å². The Morgan fingerprint density at radius 3 is 2.92 bits per heavy atom. The molecule has 0 spiro atoms. The van der Waals surface area contributed by atoms with E-state index in [0.29, 0.717) is 30.5 Å². The average Bonchev–Trinajstić information content (AvgIpc) is 3.15. The zero-order valence-corrected chi connectivity index (χ0v) is 13.8. The lowest BCUT2D eigenvalue weighted by Gasteiger charge is -2.03. The Kier molecular flexibility index (Phi) is 5.36. The number of aromatic nitrogens is 3. The molecule has 0 aliphatic carbocycles. The van der Waals surface area contributed by atoms with E-state index in [9.17, 15) is 4.79 Å². The number of amides is 1. The van der Waals surface area contributed by atoms with E-state index in [0.717, 1.165) is 11.3 Å². The number of benzene rings is 1. The van der Waals surface area contributed by atoms with Crippen LogP contribution in [0.4, 0.5) is 0 Å². The fourth-order valence-electron chi connectivity index (χ4n) is 2.23. The Bertz CT molecular complexity index is 833. The number of rotatable bonds is 7. The predicted octanol–water partition coefficient (Wildman–Crippen LogP) is 2.39. The summed E-state index contributed by atoms with van der Waals surface area (Å²) >= 11 is 0. The van der Waals surface area contributed by atoms with Crippen molar-refractivity contribution in [1.29, 1.82) is 0 Å². The SMILES string of the molecule is COc1cccc(-c2nnc(CCC(=O)NCc3ccccn3)o2)c1.